The first-order valence-corrected chi connectivity index (χ1v) is 8.59. The lowest BCUT2D eigenvalue weighted by molar-refractivity contribution is -0.149. The van der Waals surface area contributed by atoms with Gasteiger partial charge in [-0.25, -0.2) is 0 Å². The molecular formula is C16H23NO2S. The number of benzene rings is 1. The van der Waals surface area contributed by atoms with Crippen LogP contribution in [-0.4, -0.2) is 42.1 Å². The molecule has 1 fully saturated rings. The third-order valence-electron chi connectivity index (χ3n) is 3.76. The summed E-state index contributed by atoms with van der Waals surface area (Å²) >= 11 is 1.81. The predicted molar refractivity (Wildman–Crippen MR) is 83.8 cm³/mol. The number of carbonyl (C=O) groups is 1. The maximum Gasteiger partial charge on any atom is 0.323 e. The summed E-state index contributed by atoms with van der Waals surface area (Å²) in [4.78, 5) is 14.5. The van der Waals surface area contributed by atoms with Crippen LogP contribution in [0.25, 0.3) is 0 Å². The van der Waals surface area contributed by atoms with Gasteiger partial charge in [-0.2, -0.15) is 11.8 Å². The molecule has 20 heavy (non-hydrogen) atoms. The van der Waals surface area contributed by atoms with Crippen molar-refractivity contribution in [3.8, 4) is 0 Å². The van der Waals surface area contributed by atoms with Crippen LogP contribution in [0.1, 0.15) is 18.9 Å². The molecule has 1 aromatic carbocycles. The third-order valence-corrected chi connectivity index (χ3v) is 4.53. The minimum atomic E-state index is -0.0809. The summed E-state index contributed by atoms with van der Waals surface area (Å²) < 4.78 is 5.28. The first kappa shape index (κ1) is 15.4. The number of nitrogens with zero attached hydrogens (tertiary/aromatic N) is 1. The molecule has 1 heterocycles. The fourth-order valence-electron chi connectivity index (χ4n) is 2.88. The highest BCUT2D eigenvalue weighted by Crippen LogP contribution is 2.29. The van der Waals surface area contributed by atoms with Crippen molar-refractivity contribution in [3.05, 3.63) is 35.9 Å². The molecule has 0 saturated carbocycles. The standard InChI is InChI=1S/C16H23NO2S/c1-3-19-16(18)15-14(12-20-2)9-10-17(15)11-13-7-5-4-6-8-13/h4-8,14-15H,3,9-12H2,1-2H3/t14-,15-/m0/s1. The Morgan fingerprint density at radius 1 is 1.40 bits per heavy atom. The van der Waals surface area contributed by atoms with E-state index in [9.17, 15) is 4.79 Å². The molecule has 0 aromatic heterocycles. The van der Waals surface area contributed by atoms with Crippen molar-refractivity contribution in [1.82, 2.24) is 4.90 Å². The monoisotopic (exact) mass is 293 g/mol. The van der Waals surface area contributed by atoms with Crippen molar-refractivity contribution in [3.63, 3.8) is 0 Å². The van der Waals surface area contributed by atoms with E-state index in [1.807, 2.05) is 36.9 Å². The lowest BCUT2D eigenvalue weighted by Crippen LogP contribution is -2.41. The van der Waals surface area contributed by atoms with E-state index in [1.165, 1.54) is 5.56 Å². The quantitative estimate of drug-likeness (QED) is 0.754. The van der Waals surface area contributed by atoms with Crippen LogP contribution in [0.2, 0.25) is 0 Å². The Morgan fingerprint density at radius 2 is 2.15 bits per heavy atom. The summed E-state index contributed by atoms with van der Waals surface area (Å²) in [5.41, 5.74) is 1.26. The van der Waals surface area contributed by atoms with Crippen molar-refractivity contribution >= 4 is 17.7 Å². The molecule has 0 aliphatic carbocycles. The molecule has 1 aliphatic heterocycles. The maximum absolute atomic E-state index is 12.3. The van der Waals surface area contributed by atoms with E-state index in [4.69, 9.17) is 4.74 Å². The summed E-state index contributed by atoms with van der Waals surface area (Å²) in [6.45, 7) is 4.14. The van der Waals surface area contributed by atoms with E-state index < -0.39 is 0 Å². The Hall–Kier alpha value is -1.00. The summed E-state index contributed by atoms with van der Waals surface area (Å²) in [6.07, 6.45) is 3.18. The van der Waals surface area contributed by atoms with Gasteiger partial charge >= 0.3 is 5.97 Å². The van der Waals surface area contributed by atoms with Crippen LogP contribution >= 0.6 is 11.8 Å². The summed E-state index contributed by atoms with van der Waals surface area (Å²) in [7, 11) is 0. The van der Waals surface area contributed by atoms with Gasteiger partial charge in [-0.3, -0.25) is 9.69 Å². The van der Waals surface area contributed by atoms with Crippen LogP contribution in [0.4, 0.5) is 0 Å². The molecule has 1 aliphatic rings. The fraction of sp³-hybridized carbons (Fsp3) is 0.562. The molecule has 0 unspecified atom stereocenters. The molecule has 2 rings (SSSR count). The Balaban J connectivity index is 2.08. The largest absolute Gasteiger partial charge is 0.465 e. The second kappa shape index (κ2) is 7.70. The van der Waals surface area contributed by atoms with E-state index in [2.05, 4.69) is 23.3 Å². The van der Waals surface area contributed by atoms with Crippen molar-refractivity contribution in [1.29, 1.82) is 0 Å². The van der Waals surface area contributed by atoms with Crippen molar-refractivity contribution in [2.45, 2.75) is 25.9 Å². The maximum atomic E-state index is 12.3. The van der Waals surface area contributed by atoms with Crippen LogP contribution in [0.15, 0.2) is 30.3 Å². The van der Waals surface area contributed by atoms with Crippen LogP contribution < -0.4 is 0 Å². The highest BCUT2D eigenvalue weighted by molar-refractivity contribution is 7.98. The van der Waals surface area contributed by atoms with Gasteiger partial charge in [0.2, 0.25) is 0 Å². The molecule has 0 N–H and O–H groups in total. The van der Waals surface area contributed by atoms with E-state index in [1.54, 1.807) is 0 Å². The van der Waals surface area contributed by atoms with Crippen molar-refractivity contribution in [2.24, 2.45) is 5.92 Å². The molecule has 1 aromatic rings. The smallest absolute Gasteiger partial charge is 0.323 e. The van der Waals surface area contributed by atoms with E-state index in [-0.39, 0.29) is 12.0 Å². The Kier molecular flexibility index (Phi) is 5.92. The number of thioether (sulfide) groups is 1. The molecule has 0 spiro atoms. The summed E-state index contributed by atoms with van der Waals surface area (Å²) in [6, 6.07) is 10.3. The van der Waals surface area contributed by atoms with Crippen molar-refractivity contribution < 1.29 is 9.53 Å². The zero-order valence-corrected chi connectivity index (χ0v) is 13.1. The lowest BCUT2D eigenvalue weighted by atomic mass is 10.0. The molecule has 2 atom stereocenters. The number of ether oxygens (including phenoxy) is 1. The van der Waals surface area contributed by atoms with Gasteiger partial charge in [-0.1, -0.05) is 30.3 Å². The van der Waals surface area contributed by atoms with Gasteiger partial charge in [0.15, 0.2) is 0 Å². The fourth-order valence-corrected chi connectivity index (χ4v) is 3.66. The third kappa shape index (κ3) is 3.76. The summed E-state index contributed by atoms with van der Waals surface area (Å²) in [5, 5.41) is 0. The lowest BCUT2D eigenvalue weighted by Gasteiger charge is -2.26. The molecule has 4 heteroatoms. The van der Waals surface area contributed by atoms with Gasteiger partial charge in [-0.05, 0) is 43.4 Å². The van der Waals surface area contributed by atoms with E-state index in [0.29, 0.717) is 12.5 Å². The average molecular weight is 293 g/mol. The molecule has 0 radical (unpaired) electrons. The molecule has 110 valence electrons. The van der Waals surface area contributed by atoms with Gasteiger partial charge in [-0.15, -0.1) is 0 Å². The number of hydrogen-bond donors (Lipinski definition) is 0. The number of rotatable bonds is 6. The predicted octanol–water partition coefficient (Wildman–Crippen LogP) is 2.80. The second-order valence-corrected chi connectivity index (χ2v) is 6.07. The first-order valence-electron chi connectivity index (χ1n) is 7.19. The van der Waals surface area contributed by atoms with E-state index in [0.717, 1.165) is 25.3 Å². The number of esters is 1. The van der Waals surface area contributed by atoms with Gasteiger partial charge in [0.05, 0.1) is 6.61 Å². The van der Waals surface area contributed by atoms with Crippen LogP contribution in [0.5, 0.6) is 0 Å². The SMILES string of the molecule is CCOC(=O)[C@@H]1[C@H](CSC)CCN1Cc1ccccc1. The molecule has 0 bridgehead atoms. The topological polar surface area (TPSA) is 29.5 Å². The van der Waals surface area contributed by atoms with Crippen LogP contribution in [-0.2, 0) is 16.1 Å². The molecular weight excluding hydrogens is 270 g/mol. The van der Waals surface area contributed by atoms with Gasteiger partial charge in [0, 0.05) is 6.54 Å². The normalized spacial score (nSPS) is 22.9. The molecule has 1 saturated heterocycles. The van der Waals surface area contributed by atoms with Gasteiger partial charge < -0.3 is 4.74 Å². The number of hydrogen-bond acceptors (Lipinski definition) is 4. The Morgan fingerprint density at radius 3 is 2.80 bits per heavy atom. The zero-order chi connectivity index (χ0) is 14.4. The Labute approximate surface area is 125 Å². The van der Waals surface area contributed by atoms with Crippen LogP contribution in [0, 0.1) is 5.92 Å². The molecule has 3 nitrogen and oxygen atoms in total. The Bertz CT molecular complexity index is 424. The minimum absolute atomic E-state index is 0.0556. The summed E-state index contributed by atoms with van der Waals surface area (Å²) in [5.74, 6) is 1.38. The van der Waals surface area contributed by atoms with Gasteiger partial charge in [0.25, 0.3) is 0 Å². The first-order chi connectivity index (χ1) is 9.76. The minimum Gasteiger partial charge on any atom is -0.465 e. The molecule has 0 amide bonds. The number of carbonyl (C=O) groups excluding carboxylic acids is 1. The van der Waals surface area contributed by atoms with Crippen LogP contribution in [0.3, 0.4) is 0 Å². The highest BCUT2D eigenvalue weighted by Gasteiger charge is 2.39. The average Bonchev–Trinajstić information content (AvgIpc) is 2.83. The van der Waals surface area contributed by atoms with Crippen molar-refractivity contribution in [2.75, 3.05) is 25.2 Å². The van der Waals surface area contributed by atoms with E-state index >= 15 is 0 Å². The second-order valence-electron chi connectivity index (χ2n) is 5.16. The van der Waals surface area contributed by atoms with Gasteiger partial charge in [0.1, 0.15) is 6.04 Å². The zero-order valence-electron chi connectivity index (χ0n) is 12.2. The number of likely N-dealkylation sites (tertiary alicyclic amines) is 1. The highest BCUT2D eigenvalue weighted by atomic mass is 32.2.